The molecule has 9 heteroatoms. The summed E-state index contributed by atoms with van der Waals surface area (Å²) in [5, 5.41) is 17.8. The fourth-order valence-electron chi connectivity index (χ4n) is 2.52. The van der Waals surface area contributed by atoms with Crippen LogP contribution in [0.1, 0.15) is 10.4 Å². The van der Waals surface area contributed by atoms with Crippen LogP contribution in [0.3, 0.4) is 0 Å². The quantitative estimate of drug-likeness (QED) is 0.796. The standard InChI is InChI=1S/C14H18ClN7O/c15-11-1-2-13(22-10-18-19-20-22)12(9-11)14(23)17-5-8-21-6-3-16-4-7-21/h1-2,9-10,16H,3-8H2,(H,17,23). The Morgan fingerprint density at radius 1 is 1.35 bits per heavy atom. The van der Waals surface area contributed by atoms with Crippen molar-refractivity contribution in [2.24, 2.45) is 0 Å². The van der Waals surface area contributed by atoms with E-state index in [0.717, 1.165) is 32.7 Å². The molecule has 0 saturated carbocycles. The van der Waals surface area contributed by atoms with Gasteiger partial charge in [0.1, 0.15) is 6.33 Å². The number of nitrogens with one attached hydrogen (secondary N) is 2. The first-order valence-electron chi connectivity index (χ1n) is 7.48. The first kappa shape index (κ1) is 15.9. The van der Waals surface area contributed by atoms with Crippen molar-refractivity contribution in [2.45, 2.75) is 0 Å². The van der Waals surface area contributed by atoms with Gasteiger partial charge in [-0.15, -0.1) is 5.10 Å². The molecule has 3 rings (SSSR count). The number of tetrazole rings is 1. The van der Waals surface area contributed by atoms with Crippen LogP contribution in [-0.2, 0) is 0 Å². The molecule has 1 saturated heterocycles. The van der Waals surface area contributed by atoms with Crippen LogP contribution >= 0.6 is 11.6 Å². The van der Waals surface area contributed by atoms with E-state index in [1.165, 1.54) is 11.0 Å². The highest BCUT2D eigenvalue weighted by atomic mass is 35.5. The lowest BCUT2D eigenvalue weighted by atomic mass is 10.1. The molecule has 0 spiro atoms. The fraction of sp³-hybridized carbons (Fsp3) is 0.429. The third-order valence-electron chi connectivity index (χ3n) is 3.72. The Labute approximate surface area is 138 Å². The highest BCUT2D eigenvalue weighted by Crippen LogP contribution is 2.18. The van der Waals surface area contributed by atoms with Crippen LogP contribution in [0.4, 0.5) is 0 Å². The Morgan fingerprint density at radius 2 is 2.17 bits per heavy atom. The molecule has 8 nitrogen and oxygen atoms in total. The van der Waals surface area contributed by atoms with Gasteiger partial charge in [-0.1, -0.05) is 11.6 Å². The predicted molar refractivity (Wildman–Crippen MR) is 85.8 cm³/mol. The maximum Gasteiger partial charge on any atom is 0.253 e. The number of piperazine rings is 1. The van der Waals surface area contributed by atoms with Crippen LogP contribution in [0.25, 0.3) is 5.69 Å². The number of aromatic nitrogens is 4. The van der Waals surface area contributed by atoms with Gasteiger partial charge in [-0.25, -0.2) is 0 Å². The van der Waals surface area contributed by atoms with E-state index in [1.807, 2.05) is 0 Å². The Balaban J connectivity index is 1.65. The van der Waals surface area contributed by atoms with Gasteiger partial charge >= 0.3 is 0 Å². The van der Waals surface area contributed by atoms with Crippen molar-refractivity contribution in [1.29, 1.82) is 0 Å². The third-order valence-corrected chi connectivity index (χ3v) is 3.96. The zero-order valence-electron chi connectivity index (χ0n) is 12.6. The number of amides is 1. The summed E-state index contributed by atoms with van der Waals surface area (Å²) in [6.07, 6.45) is 1.45. The Kier molecular flexibility index (Phi) is 5.16. The van der Waals surface area contributed by atoms with Gasteiger partial charge in [0.05, 0.1) is 11.3 Å². The average Bonchev–Trinajstić information content (AvgIpc) is 3.10. The monoisotopic (exact) mass is 335 g/mol. The molecular formula is C14H18ClN7O. The zero-order valence-corrected chi connectivity index (χ0v) is 13.3. The number of rotatable bonds is 5. The van der Waals surface area contributed by atoms with Crippen molar-refractivity contribution < 1.29 is 4.79 Å². The molecule has 122 valence electrons. The van der Waals surface area contributed by atoms with E-state index in [1.54, 1.807) is 18.2 Å². The minimum absolute atomic E-state index is 0.187. The lowest BCUT2D eigenvalue weighted by molar-refractivity contribution is 0.0947. The van der Waals surface area contributed by atoms with Crippen molar-refractivity contribution in [2.75, 3.05) is 39.3 Å². The Morgan fingerprint density at radius 3 is 2.91 bits per heavy atom. The first-order chi connectivity index (χ1) is 11.2. The Hall–Kier alpha value is -2.03. The lowest BCUT2D eigenvalue weighted by Crippen LogP contribution is -2.46. The minimum Gasteiger partial charge on any atom is -0.351 e. The van der Waals surface area contributed by atoms with Crippen LogP contribution in [0.15, 0.2) is 24.5 Å². The van der Waals surface area contributed by atoms with Gasteiger partial charge in [0.25, 0.3) is 5.91 Å². The van der Waals surface area contributed by atoms with E-state index in [9.17, 15) is 4.79 Å². The number of carbonyl (C=O) groups excluding carboxylic acids is 1. The van der Waals surface area contributed by atoms with Crippen molar-refractivity contribution in [3.63, 3.8) is 0 Å². The molecule has 2 heterocycles. The molecule has 23 heavy (non-hydrogen) atoms. The molecule has 1 aromatic heterocycles. The van der Waals surface area contributed by atoms with Gasteiger partial charge in [-0.2, -0.15) is 4.68 Å². The second-order valence-electron chi connectivity index (χ2n) is 5.26. The molecule has 0 bridgehead atoms. The topological polar surface area (TPSA) is 88.0 Å². The van der Waals surface area contributed by atoms with Gasteiger partial charge in [-0.05, 0) is 28.6 Å². The second kappa shape index (κ2) is 7.49. The van der Waals surface area contributed by atoms with Crippen molar-refractivity contribution in [3.05, 3.63) is 35.1 Å². The largest absolute Gasteiger partial charge is 0.351 e. The summed E-state index contributed by atoms with van der Waals surface area (Å²) in [5.74, 6) is -0.187. The third kappa shape index (κ3) is 4.04. The van der Waals surface area contributed by atoms with Crippen LogP contribution in [0.2, 0.25) is 5.02 Å². The van der Waals surface area contributed by atoms with E-state index in [4.69, 9.17) is 11.6 Å². The molecular weight excluding hydrogens is 318 g/mol. The summed E-state index contributed by atoms with van der Waals surface area (Å²) >= 11 is 6.02. The average molecular weight is 336 g/mol. The molecule has 1 fully saturated rings. The van der Waals surface area contributed by atoms with E-state index < -0.39 is 0 Å². The molecule has 1 aromatic carbocycles. The van der Waals surface area contributed by atoms with Crippen molar-refractivity contribution in [1.82, 2.24) is 35.7 Å². The normalized spacial score (nSPS) is 15.5. The summed E-state index contributed by atoms with van der Waals surface area (Å²) in [5.41, 5.74) is 1.05. The van der Waals surface area contributed by atoms with Gasteiger partial charge in [0, 0.05) is 44.3 Å². The van der Waals surface area contributed by atoms with Crippen LogP contribution in [0, 0.1) is 0 Å². The molecule has 1 aliphatic heterocycles. The summed E-state index contributed by atoms with van der Waals surface area (Å²) in [7, 11) is 0. The van der Waals surface area contributed by atoms with Gasteiger partial charge in [0.15, 0.2) is 0 Å². The highest BCUT2D eigenvalue weighted by molar-refractivity contribution is 6.31. The van der Waals surface area contributed by atoms with Gasteiger partial charge < -0.3 is 10.6 Å². The summed E-state index contributed by atoms with van der Waals surface area (Å²) in [6, 6.07) is 5.05. The summed E-state index contributed by atoms with van der Waals surface area (Å²) < 4.78 is 1.45. The number of benzene rings is 1. The maximum atomic E-state index is 12.5. The number of hydrogen-bond acceptors (Lipinski definition) is 6. The predicted octanol–water partition coefficient (Wildman–Crippen LogP) is -0.0493. The molecule has 0 atom stereocenters. The Bertz CT molecular complexity index is 655. The fourth-order valence-corrected chi connectivity index (χ4v) is 2.69. The van der Waals surface area contributed by atoms with Crippen molar-refractivity contribution in [3.8, 4) is 5.69 Å². The SMILES string of the molecule is O=C(NCCN1CCNCC1)c1cc(Cl)ccc1-n1cnnn1. The van der Waals surface area contributed by atoms with Crippen molar-refractivity contribution >= 4 is 17.5 Å². The molecule has 2 N–H and O–H groups in total. The van der Waals surface area contributed by atoms with Crippen LogP contribution in [0.5, 0.6) is 0 Å². The highest BCUT2D eigenvalue weighted by Gasteiger charge is 2.15. The van der Waals surface area contributed by atoms with E-state index in [-0.39, 0.29) is 5.91 Å². The molecule has 1 aliphatic rings. The molecule has 2 aromatic rings. The zero-order chi connectivity index (χ0) is 16.1. The van der Waals surface area contributed by atoms with Gasteiger partial charge in [0.2, 0.25) is 0 Å². The second-order valence-corrected chi connectivity index (χ2v) is 5.70. The van der Waals surface area contributed by atoms with Crippen LogP contribution in [-0.4, -0.2) is 70.3 Å². The molecule has 0 radical (unpaired) electrons. The summed E-state index contributed by atoms with van der Waals surface area (Å²) in [6.45, 7) is 5.40. The smallest absolute Gasteiger partial charge is 0.253 e. The number of halogens is 1. The number of nitrogens with zero attached hydrogens (tertiary/aromatic N) is 5. The molecule has 0 aliphatic carbocycles. The molecule has 0 unspecified atom stereocenters. The number of carbonyl (C=O) groups is 1. The minimum atomic E-state index is -0.187. The number of hydrogen-bond donors (Lipinski definition) is 2. The first-order valence-corrected chi connectivity index (χ1v) is 7.86. The maximum absolute atomic E-state index is 12.5. The van der Waals surface area contributed by atoms with E-state index in [0.29, 0.717) is 22.8 Å². The molecule has 1 amide bonds. The summed E-state index contributed by atoms with van der Waals surface area (Å²) in [4.78, 5) is 14.8. The van der Waals surface area contributed by atoms with E-state index in [2.05, 4.69) is 31.1 Å². The lowest BCUT2D eigenvalue weighted by Gasteiger charge is -2.27. The van der Waals surface area contributed by atoms with Gasteiger partial charge in [-0.3, -0.25) is 9.69 Å². The van der Waals surface area contributed by atoms with Crippen LogP contribution < -0.4 is 10.6 Å². The van der Waals surface area contributed by atoms with E-state index >= 15 is 0 Å².